The molecule has 308 valence electrons. The average Bonchev–Trinajstić information content (AvgIpc) is 3.74. The molecule has 7 atom stereocenters. The average molecular weight is 815 g/mol. The maximum atomic E-state index is 14.2. The van der Waals surface area contributed by atoms with E-state index in [0.717, 1.165) is 21.3 Å². The second-order valence-corrected chi connectivity index (χ2v) is 15.6. The molecular formula is C37H47N6O13P. The predicted molar refractivity (Wildman–Crippen MR) is 202 cm³/mol. The van der Waals surface area contributed by atoms with Crippen molar-refractivity contribution < 1.29 is 41.9 Å². The van der Waals surface area contributed by atoms with Gasteiger partial charge in [0.15, 0.2) is 0 Å². The van der Waals surface area contributed by atoms with Gasteiger partial charge in [0.2, 0.25) is 12.5 Å². The Hall–Kier alpha value is -4.96. The van der Waals surface area contributed by atoms with E-state index in [-0.39, 0.29) is 62.4 Å². The molecule has 2 aromatic heterocycles. The van der Waals surface area contributed by atoms with E-state index in [4.69, 9.17) is 34.4 Å². The van der Waals surface area contributed by atoms with Crippen molar-refractivity contribution in [3.8, 4) is 0 Å². The summed E-state index contributed by atoms with van der Waals surface area (Å²) in [4.78, 5) is 82.8. The molecule has 0 bridgehead atoms. The molecule has 2 saturated heterocycles. The summed E-state index contributed by atoms with van der Waals surface area (Å²) in [7, 11) is -4.55. The monoisotopic (exact) mass is 814 g/mol. The highest BCUT2D eigenvalue weighted by molar-refractivity contribution is 7.48. The normalized spacial score (nSPS) is 22.8. The highest BCUT2D eigenvalue weighted by Crippen LogP contribution is 2.54. The zero-order chi connectivity index (χ0) is 41.4. The van der Waals surface area contributed by atoms with E-state index >= 15 is 0 Å². The summed E-state index contributed by atoms with van der Waals surface area (Å²) in [5.74, 6) is -1.12. The lowest BCUT2D eigenvalue weighted by molar-refractivity contribution is -0.154. The number of hydrogen-bond donors (Lipinski definition) is 3. The molecule has 19 nitrogen and oxygen atoms in total. The molecule has 5 rings (SSSR count). The first-order valence-corrected chi connectivity index (χ1v) is 19.9. The topological polar surface area (TPSA) is 233 Å². The van der Waals surface area contributed by atoms with Gasteiger partial charge in [-0.3, -0.25) is 51.9 Å². The zero-order valence-corrected chi connectivity index (χ0v) is 33.2. The molecule has 0 spiro atoms. The number of esters is 1. The number of aromatic amines is 2. The Morgan fingerprint density at radius 1 is 0.877 bits per heavy atom. The molecule has 0 saturated carbocycles. The number of benzene rings is 1. The Bertz CT molecular complexity index is 2260. The first-order chi connectivity index (χ1) is 27.1. The van der Waals surface area contributed by atoms with Crippen LogP contribution >= 0.6 is 7.82 Å². The number of rotatable bonds is 17. The molecule has 2 aliphatic heterocycles. The number of phosphoric ester groups is 1. The summed E-state index contributed by atoms with van der Waals surface area (Å²) >= 11 is 0. The Morgan fingerprint density at radius 2 is 1.46 bits per heavy atom. The van der Waals surface area contributed by atoms with Crippen LogP contribution < -0.4 is 27.8 Å². The van der Waals surface area contributed by atoms with Gasteiger partial charge in [-0.25, -0.2) is 20.7 Å². The highest BCUT2D eigenvalue weighted by Gasteiger charge is 2.45. The van der Waals surface area contributed by atoms with Crippen LogP contribution in [0.1, 0.15) is 79.3 Å². The molecule has 2 aliphatic rings. The van der Waals surface area contributed by atoms with E-state index in [1.807, 2.05) is 32.0 Å². The first-order valence-electron chi connectivity index (χ1n) is 18.5. The molecular weight excluding hydrogens is 767 g/mol. The third kappa shape index (κ3) is 11.3. The van der Waals surface area contributed by atoms with Crippen molar-refractivity contribution in [2.75, 3.05) is 19.8 Å². The van der Waals surface area contributed by atoms with Crippen LogP contribution in [-0.2, 0) is 48.5 Å². The molecule has 4 heterocycles. The fraction of sp³-hybridized carbons (Fsp3) is 0.541. The van der Waals surface area contributed by atoms with Crippen molar-refractivity contribution in [3.63, 3.8) is 0 Å². The van der Waals surface area contributed by atoms with Crippen LogP contribution in [0.2, 0.25) is 0 Å². The van der Waals surface area contributed by atoms with Crippen molar-refractivity contribution in [1.29, 1.82) is 0 Å². The number of nitrogens with zero attached hydrogens (tertiary/aromatic N) is 3. The Kier molecular flexibility index (Phi) is 14.4. The highest BCUT2D eigenvalue weighted by atomic mass is 31.2. The lowest BCUT2D eigenvalue weighted by Crippen LogP contribution is -2.33. The van der Waals surface area contributed by atoms with Crippen LogP contribution in [0.4, 0.5) is 0 Å². The van der Waals surface area contributed by atoms with Gasteiger partial charge < -0.3 is 24.4 Å². The third-order valence-electron chi connectivity index (χ3n) is 9.40. The minimum atomic E-state index is -4.55. The van der Waals surface area contributed by atoms with Crippen LogP contribution in [0.25, 0.3) is 4.85 Å². The van der Waals surface area contributed by atoms with E-state index < -0.39 is 79.8 Å². The van der Waals surface area contributed by atoms with Gasteiger partial charge in [0.25, 0.3) is 11.1 Å². The van der Waals surface area contributed by atoms with Crippen molar-refractivity contribution in [2.45, 2.75) is 110 Å². The molecule has 1 aromatic carbocycles. The van der Waals surface area contributed by atoms with Crippen molar-refractivity contribution in [1.82, 2.24) is 24.4 Å². The summed E-state index contributed by atoms with van der Waals surface area (Å²) in [5, 5.41) is 2.79. The minimum absolute atomic E-state index is 0.0123. The van der Waals surface area contributed by atoms with E-state index in [2.05, 4.69) is 20.1 Å². The van der Waals surface area contributed by atoms with Crippen LogP contribution in [0.15, 0.2) is 49.8 Å². The maximum Gasteiger partial charge on any atom is 0.475 e. The van der Waals surface area contributed by atoms with E-state index in [1.165, 1.54) is 30.8 Å². The van der Waals surface area contributed by atoms with Gasteiger partial charge in [0, 0.05) is 49.3 Å². The fourth-order valence-corrected chi connectivity index (χ4v) is 8.00. The van der Waals surface area contributed by atoms with Gasteiger partial charge in [0.05, 0.1) is 25.2 Å². The first kappa shape index (κ1) is 43.2. The van der Waals surface area contributed by atoms with Gasteiger partial charge in [-0.15, -0.1) is 0 Å². The smallest absolute Gasteiger partial charge is 0.459 e. The quantitative estimate of drug-likeness (QED) is 0.0771. The van der Waals surface area contributed by atoms with E-state index in [9.17, 15) is 33.3 Å². The summed E-state index contributed by atoms with van der Waals surface area (Å²) in [5.41, 5.74) is 0.883. The number of aryl methyl sites for hydroxylation is 4. The molecule has 7 unspecified atom stereocenters. The summed E-state index contributed by atoms with van der Waals surface area (Å²) in [6.45, 7) is 15.1. The van der Waals surface area contributed by atoms with Crippen LogP contribution in [0, 0.1) is 34.3 Å². The second kappa shape index (κ2) is 19.0. The second-order valence-electron chi connectivity index (χ2n) is 14.0. The van der Waals surface area contributed by atoms with Gasteiger partial charge in [-0.2, -0.15) is 0 Å². The molecule has 0 radical (unpaired) electrons. The molecule has 0 aliphatic carbocycles. The number of ether oxygens (including phenoxy) is 3. The van der Waals surface area contributed by atoms with Crippen molar-refractivity contribution in [3.05, 3.63) is 112 Å². The number of H-pyrrole nitrogens is 2. The largest absolute Gasteiger partial charge is 0.475 e. The Balaban J connectivity index is 1.29. The summed E-state index contributed by atoms with van der Waals surface area (Å²) in [6.07, 6.45) is -3.34. The number of amides is 1. The van der Waals surface area contributed by atoms with Crippen LogP contribution in [0.3, 0.4) is 0 Å². The number of aromatic nitrogens is 4. The summed E-state index contributed by atoms with van der Waals surface area (Å²) < 4.78 is 51.7. The number of phosphoric acid groups is 1. The number of carbonyl (C=O) groups is 2. The molecule has 3 N–H and O–H groups in total. The van der Waals surface area contributed by atoms with Gasteiger partial charge in [-0.05, 0) is 39.7 Å². The molecule has 57 heavy (non-hydrogen) atoms. The molecule has 1 amide bonds. The zero-order valence-electron chi connectivity index (χ0n) is 32.3. The maximum absolute atomic E-state index is 14.2. The molecule has 20 heteroatoms. The standard InChI is InChI=1S/C37H47N6O13P/c1-7-26-28(16-32(53-26)43-19-24(5)35(47)41-37(43)49)56-57(50,51-11-10-38-6)52-20-29-27(15-31(54-29)42-18-23(4)34(46)40-36(42)48)55-33(45)9-8-30(44)39-17-25-13-21(2)12-22(3)14-25/h12-14,18-19,26-29,31-32H,7-11,15-17,20H2,1-5H3,(H,39,44)(H,40,46,48)(H,41,47,49). The fourth-order valence-electron chi connectivity index (χ4n) is 6.62. The van der Waals surface area contributed by atoms with Gasteiger partial charge >= 0.3 is 25.2 Å². The minimum Gasteiger partial charge on any atom is -0.459 e. The number of nitrogens with one attached hydrogen (secondary N) is 3. The summed E-state index contributed by atoms with van der Waals surface area (Å²) in [6, 6.07) is 5.92. The lowest BCUT2D eigenvalue weighted by Gasteiger charge is -2.25. The number of carbonyl (C=O) groups excluding carboxylic acids is 2. The number of hydrogen-bond acceptors (Lipinski definition) is 13. The van der Waals surface area contributed by atoms with Crippen LogP contribution in [0.5, 0.6) is 0 Å². The van der Waals surface area contributed by atoms with Crippen molar-refractivity contribution in [2.24, 2.45) is 0 Å². The molecule has 2 fully saturated rings. The van der Waals surface area contributed by atoms with Gasteiger partial charge in [0.1, 0.15) is 31.3 Å². The van der Waals surface area contributed by atoms with E-state index in [1.54, 1.807) is 6.92 Å². The SMILES string of the molecule is [C-]#[N+]CCOP(=O)(OCC1OC(n2cc(C)c(=O)[nH]c2=O)CC1OC(=O)CCC(=O)NCc1cc(C)cc(C)c1)OC1CC(n2cc(C)c(=O)[nH]c2=O)OC1CC. The van der Waals surface area contributed by atoms with E-state index in [0.29, 0.717) is 6.42 Å². The lowest BCUT2D eigenvalue weighted by atomic mass is 10.1. The van der Waals surface area contributed by atoms with Gasteiger partial charge in [-0.1, -0.05) is 36.2 Å². The Labute approximate surface area is 327 Å². The third-order valence-corrected chi connectivity index (χ3v) is 10.9. The van der Waals surface area contributed by atoms with Crippen LogP contribution in [-0.4, -0.2) is 75.2 Å². The predicted octanol–water partition coefficient (Wildman–Crippen LogP) is 2.76. The Morgan fingerprint density at radius 3 is 2.04 bits per heavy atom. The van der Waals surface area contributed by atoms with Crippen molar-refractivity contribution >= 4 is 19.7 Å². The molecule has 3 aromatic rings.